The molecule has 0 aromatic rings. The Hall–Kier alpha value is -0.430. The van der Waals surface area contributed by atoms with Crippen molar-refractivity contribution in [2.24, 2.45) is 5.41 Å². The number of allylic oxidation sites excluding steroid dienone is 3. The van der Waals surface area contributed by atoms with E-state index in [2.05, 4.69) is 6.58 Å². The summed E-state index contributed by atoms with van der Waals surface area (Å²) in [6, 6.07) is 0. The minimum atomic E-state index is -0.286. The van der Waals surface area contributed by atoms with Crippen molar-refractivity contribution in [2.75, 3.05) is 0 Å². The van der Waals surface area contributed by atoms with Gasteiger partial charge in [0.2, 0.25) is 0 Å². The molecule has 0 saturated heterocycles. The maximum atomic E-state index is 9.33. The first-order chi connectivity index (χ1) is 4.39. The molecule has 0 aliphatic rings. The van der Waals surface area contributed by atoms with Gasteiger partial charge in [-0.3, -0.25) is 0 Å². The van der Waals surface area contributed by atoms with E-state index >= 15 is 0 Å². The zero-order valence-electron chi connectivity index (χ0n) is 6.61. The molecule has 1 nitrogen and oxygen atoms in total. The third-order valence-electron chi connectivity index (χ3n) is 1.12. The van der Waals surface area contributed by atoms with Crippen LogP contribution in [0.5, 0.6) is 0 Å². The van der Waals surface area contributed by atoms with Crippen LogP contribution in [0, 0.1) is 5.41 Å². The van der Waals surface area contributed by atoms with Crippen molar-refractivity contribution in [3.05, 3.63) is 23.4 Å². The maximum absolute atomic E-state index is 9.33. The van der Waals surface area contributed by atoms with E-state index in [1.165, 1.54) is 6.08 Å². The van der Waals surface area contributed by atoms with Crippen molar-refractivity contribution in [3.8, 4) is 0 Å². The summed E-state index contributed by atoms with van der Waals surface area (Å²) in [5.41, 5.74) is -0.286. The van der Waals surface area contributed by atoms with Gasteiger partial charge in [-0.1, -0.05) is 39.0 Å². The largest absolute Gasteiger partial charge is 0.510 e. The first-order valence-corrected chi connectivity index (χ1v) is 3.49. The van der Waals surface area contributed by atoms with Crippen molar-refractivity contribution in [2.45, 2.75) is 20.8 Å². The molecule has 0 aromatic carbocycles. The molecule has 0 bridgehead atoms. The molecule has 0 aromatic heterocycles. The summed E-state index contributed by atoms with van der Waals surface area (Å²) in [6.07, 6.45) is 1.43. The minimum Gasteiger partial charge on any atom is -0.510 e. The second-order valence-electron chi connectivity index (χ2n) is 3.15. The second-order valence-corrected chi connectivity index (χ2v) is 3.56. The highest BCUT2D eigenvalue weighted by atomic mass is 35.5. The SMILES string of the molecule is C=C/C(Cl)=C(/O)C(C)(C)C. The van der Waals surface area contributed by atoms with Crippen LogP contribution in [-0.4, -0.2) is 5.11 Å². The predicted molar refractivity (Wildman–Crippen MR) is 45.2 cm³/mol. The lowest BCUT2D eigenvalue weighted by atomic mass is 9.93. The Labute approximate surface area is 67.0 Å². The van der Waals surface area contributed by atoms with Crippen LogP contribution in [0.25, 0.3) is 0 Å². The Morgan fingerprint density at radius 3 is 2.00 bits per heavy atom. The Morgan fingerprint density at radius 2 is 1.90 bits per heavy atom. The molecule has 0 amide bonds. The van der Waals surface area contributed by atoms with Gasteiger partial charge in [0.25, 0.3) is 0 Å². The lowest BCUT2D eigenvalue weighted by molar-refractivity contribution is 0.276. The van der Waals surface area contributed by atoms with Crippen LogP contribution in [-0.2, 0) is 0 Å². The predicted octanol–water partition coefficient (Wildman–Crippen LogP) is 3.23. The summed E-state index contributed by atoms with van der Waals surface area (Å²) in [7, 11) is 0. The van der Waals surface area contributed by atoms with Crippen molar-refractivity contribution < 1.29 is 5.11 Å². The van der Waals surface area contributed by atoms with Gasteiger partial charge in [-0.2, -0.15) is 0 Å². The molecule has 0 fully saturated rings. The summed E-state index contributed by atoms with van der Waals surface area (Å²) in [4.78, 5) is 0. The molecular weight excluding hydrogens is 148 g/mol. The van der Waals surface area contributed by atoms with E-state index in [1.54, 1.807) is 0 Å². The quantitative estimate of drug-likeness (QED) is 0.461. The number of aliphatic hydroxyl groups excluding tert-OH is 1. The van der Waals surface area contributed by atoms with Crippen LogP contribution >= 0.6 is 11.6 Å². The van der Waals surface area contributed by atoms with Crippen LogP contribution in [0.15, 0.2) is 23.4 Å². The zero-order chi connectivity index (χ0) is 8.36. The summed E-state index contributed by atoms with van der Waals surface area (Å²) < 4.78 is 0. The van der Waals surface area contributed by atoms with E-state index in [-0.39, 0.29) is 11.2 Å². The fraction of sp³-hybridized carbons (Fsp3) is 0.500. The molecule has 1 N–H and O–H groups in total. The summed E-state index contributed by atoms with van der Waals surface area (Å²) in [5.74, 6) is 0.184. The molecule has 0 aliphatic heterocycles. The van der Waals surface area contributed by atoms with Gasteiger partial charge in [0.05, 0.1) is 5.03 Å². The van der Waals surface area contributed by atoms with E-state index < -0.39 is 0 Å². The Kier molecular flexibility index (Phi) is 2.97. The monoisotopic (exact) mass is 160 g/mol. The molecule has 10 heavy (non-hydrogen) atoms. The van der Waals surface area contributed by atoms with Crippen LogP contribution in [0.3, 0.4) is 0 Å². The topological polar surface area (TPSA) is 20.2 Å². The second kappa shape index (κ2) is 3.11. The van der Waals surface area contributed by atoms with Gasteiger partial charge in [-0.05, 0) is 6.08 Å². The van der Waals surface area contributed by atoms with Gasteiger partial charge in [-0.15, -0.1) is 0 Å². The van der Waals surface area contributed by atoms with Crippen LogP contribution in [0.4, 0.5) is 0 Å². The standard InChI is InChI=1S/C8H13ClO/c1-5-6(9)7(10)8(2,3)4/h5,10H,1H2,2-4H3/b7-6-. The number of halogens is 1. The Balaban J connectivity index is 4.63. The number of rotatable bonds is 1. The van der Waals surface area contributed by atoms with Crippen LogP contribution in [0.1, 0.15) is 20.8 Å². The number of hydrogen-bond acceptors (Lipinski definition) is 1. The van der Waals surface area contributed by atoms with E-state index in [4.69, 9.17) is 11.6 Å². The highest BCUT2D eigenvalue weighted by Gasteiger charge is 2.18. The number of hydrogen-bond donors (Lipinski definition) is 1. The van der Waals surface area contributed by atoms with Crippen LogP contribution < -0.4 is 0 Å². The van der Waals surface area contributed by atoms with Crippen molar-refractivity contribution in [1.29, 1.82) is 0 Å². The third-order valence-corrected chi connectivity index (χ3v) is 1.45. The van der Waals surface area contributed by atoms with Gasteiger partial charge >= 0.3 is 0 Å². The maximum Gasteiger partial charge on any atom is 0.116 e. The van der Waals surface area contributed by atoms with Gasteiger partial charge in [0.1, 0.15) is 5.76 Å². The first-order valence-electron chi connectivity index (χ1n) is 3.11. The molecule has 58 valence electrons. The normalized spacial score (nSPS) is 14.4. The summed E-state index contributed by atoms with van der Waals surface area (Å²) in [5, 5.41) is 9.66. The number of aliphatic hydroxyl groups is 1. The van der Waals surface area contributed by atoms with Crippen molar-refractivity contribution in [1.82, 2.24) is 0 Å². The minimum absolute atomic E-state index is 0.184. The molecule has 0 aliphatic carbocycles. The Bertz CT molecular complexity index is 163. The molecule has 0 rings (SSSR count). The third kappa shape index (κ3) is 2.44. The molecule has 0 unspecified atom stereocenters. The van der Waals surface area contributed by atoms with Crippen molar-refractivity contribution >= 4 is 11.6 Å². The average Bonchev–Trinajstić information content (AvgIpc) is 1.83. The van der Waals surface area contributed by atoms with Gasteiger partial charge < -0.3 is 5.11 Å². The summed E-state index contributed by atoms with van der Waals surface area (Å²) >= 11 is 5.61. The highest BCUT2D eigenvalue weighted by Crippen LogP contribution is 2.27. The zero-order valence-corrected chi connectivity index (χ0v) is 7.37. The fourth-order valence-electron chi connectivity index (χ4n) is 0.455. The lowest BCUT2D eigenvalue weighted by Crippen LogP contribution is -2.09. The van der Waals surface area contributed by atoms with E-state index in [9.17, 15) is 5.11 Å². The van der Waals surface area contributed by atoms with E-state index in [0.717, 1.165) is 0 Å². The van der Waals surface area contributed by atoms with E-state index in [0.29, 0.717) is 5.03 Å². The molecule has 0 saturated carbocycles. The molecular formula is C8H13ClO. The smallest absolute Gasteiger partial charge is 0.116 e. The molecule has 0 radical (unpaired) electrons. The molecule has 2 heteroatoms. The van der Waals surface area contributed by atoms with Gasteiger partial charge in [0.15, 0.2) is 0 Å². The lowest BCUT2D eigenvalue weighted by Gasteiger charge is -2.17. The van der Waals surface area contributed by atoms with E-state index in [1.807, 2.05) is 20.8 Å². The fourth-order valence-corrected chi connectivity index (χ4v) is 0.738. The average molecular weight is 161 g/mol. The molecule has 0 spiro atoms. The van der Waals surface area contributed by atoms with Gasteiger partial charge in [0, 0.05) is 5.41 Å². The van der Waals surface area contributed by atoms with Crippen LogP contribution in [0.2, 0.25) is 0 Å². The highest BCUT2D eigenvalue weighted by molar-refractivity contribution is 6.31. The first kappa shape index (κ1) is 9.57. The van der Waals surface area contributed by atoms with Crippen molar-refractivity contribution in [3.63, 3.8) is 0 Å². The molecule has 0 atom stereocenters. The summed E-state index contributed by atoms with van der Waals surface area (Å²) in [6.45, 7) is 9.09. The van der Waals surface area contributed by atoms with Gasteiger partial charge in [-0.25, -0.2) is 0 Å². The Morgan fingerprint density at radius 1 is 1.50 bits per heavy atom. The molecule has 0 heterocycles.